The van der Waals surface area contributed by atoms with E-state index in [1.165, 1.54) is 23.1 Å². The third-order valence-electron chi connectivity index (χ3n) is 7.16. The van der Waals surface area contributed by atoms with Crippen molar-refractivity contribution in [3.05, 3.63) is 125 Å². The predicted molar refractivity (Wildman–Crippen MR) is 197 cm³/mol. The predicted octanol–water partition coefficient (Wildman–Crippen LogP) is 8.14. The molecule has 0 saturated heterocycles. The second-order valence-electron chi connectivity index (χ2n) is 10.6. The first kappa shape index (κ1) is 34.9. The van der Waals surface area contributed by atoms with Gasteiger partial charge in [-0.25, -0.2) is 4.98 Å². The maximum Gasteiger partial charge on any atom is 0.272 e. The topological polar surface area (TPSA) is 119 Å². The van der Waals surface area contributed by atoms with Gasteiger partial charge in [0.2, 0.25) is 5.91 Å². The smallest absolute Gasteiger partial charge is 0.272 e. The van der Waals surface area contributed by atoms with E-state index in [4.69, 9.17) is 9.47 Å². The van der Waals surface area contributed by atoms with E-state index in [-0.39, 0.29) is 11.6 Å². The Kier molecular flexibility index (Phi) is 12.2. The maximum absolute atomic E-state index is 13.6. The summed E-state index contributed by atoms with van der Waals surface area (Å²) in [5.41, 5.74) is 3.36. The van der Waals surface area contributed by atoms with E-state index in [2.05, 4.69) is 20.9 Å². The van der Waals surface area contributed by atoms with Gasteiger partial charge in [0.25, 0.3) is 11.8 Å². The Bertz CT molecular complexity index is 1930. The van der Waals surface area contributed by atoms with E-state index < -0.39 is 17.1 Å². The molecule has 0 aliphatic heterocycles. The number of amides is 3. The molecule has 1 aromatic heterocycles. The molecule has 250 valence electrons. The Balaban J connectivity index is 1.27. The van der Waals surface area contributed by atoms with Crippen molar-refractivity contribution in [2.24, 2.45) is 0 Å². The second kappa shape index (κ2) is 17.1. The first-order chi connectivity index (χ1) is 23.8. The number of rotatable bonds is 14. The van der Waals surface area contributed by atoms with Crippen LogP contribution in [-0.4, -0.2) is 41.7 Å². The van der Waals surface area contributed by atoms with Crippen molar-refractivity contribution in [3.63, 3.8) is 0 Å². The summed E-state index contributed by atoms with van der Waals surface area (Å²) in [6, 6.07) is 30.8. The molecule has 0 aliphatic carbocycles. The summed E-state index contributed by atoms with van der Waals surface area (Å²) in [7, 11) is 1.61. The lowest BCUT2D eigenvalue weighted by Crippen LogP contribution is -2.30. The molecule has 49 heavy (non-hydrogen) atoms. The zero-order valence-electron chi connectivity index (χ0n) is 27.3. The summed E-state index contributed by atoms with van der Waals surface area (Å²) >= 11 is 2.75. The molecule has 0 aliphatic rings. The van der Waals surface area contributed by atoms with Gasteiger partial charge in [-0.2, -0.15) is 0 Å². The van der Waals surface area contributed by atoms with Gasteiger partial charge in [-0.15, -0.1) is 23.1 Å². The molecule has 0 fully saturated rings. The van der Waals surface area contributed by atoms with Crippen molar-refractivity contribution in [2.75, 3.05) is 24.4 Å². The molecule has 1 heterocycles. The van der Waals surface area contributed by atoms with Crippen molar-refractivity contribution in [3.8, 4) is 22.8 Å². The number of thiazole rings is 1. The number of hydrogen-bond acceptors (Lipinski definition) is 8. The molecule has 3 amide bonds. The van der Waals surface area contributed by atoms with Gasteiger partial charge < -0.3 is 25.4 Å². The molecule has 0 bridgehead atoms. The van der Waals surface area contributed by atoms with Crippen LogP contribution in [-0.2, 0) is 9.59 Å². The fraction of sp³-hybridized carbons (Fsp3) is 0.158. The molecule has 3 N–H and O–H groups in total. The Hall–Kier alpha value is -5.39. The Morgan fingerprint density at radius 2 is 1.65 bits per heavy atom. The number of ether oxygens (including phenoxy) is 2. The average Bonchev–Trinajstić information content (AvgIpc) is 3.60. The van der Waals surface area contributed by atoms with Gasteiger partial charge >= 0.3 is 0 Å². The average molecular weight is 693 g/mol. The van der Waals surface area contributed by atoms with Gasteiger partial charge in [-0.3, -0.25) is 14.4 Å². The molecule has 9 nitrogen and oxygen atoms in total. The molecule has 0 spiro atoms. The monoisotopic (exact) mass is 692 g/mol. The Morgan fingerprint density at radius 1 is 0.878 bits per heavy atom. The summed E-state index contributed by atoms with van der Waals surface area (Å²) in [6.45, 7) is 4.39. The zero-order valence-corrected chi connectivity index (χ0v) is 28.9. The lowest BCUT2D eigenvalue weighted by Gasteiger charge is -2.15. The highest BCUT2D eigenvalue weighted by atomic mass is 32.2. The van der Waals surface area contributed by atoms with Crippen LogP contribution in [0.4, 0.5) is 10.8 Å². The number of methoxy groups -OCH3 is 1. The third kappa shape index (κ3) is 9.82. The summed E-state index contributed by atoms with van der Waals surface area (Å²) in [4.78, 5) is 45.3. The van der Waals surface area contributed by atoms with Gasteiger partial charge in [0, 0.05) is 27.1 Å². The van der Waals surface area contributed by atoms with E-state index in [1.54, 1.807) is 61.7 Å². The minimum absolute atomic E-state index is 0.0682. The van der Waals surface area contributed by atoms with Crippen LogP contribution in [0, 0.1) is 0 Å². The summed E-state index contributed by atoms with van der Waals surface area (Å²) in [6.07, 6.45) is 2.18. The van der Waals surface area contributed by atoms with Crippen LogP contribution >= 0.6 is 23.1 Å². The standard InChI is InChI=1S/C38H36N4O5S2/c1-4-34(37(45)42-38-41-33(24-48-38)27-13-9-15-30(22-27)46-3)49-31-16-10-14-28(23-31)39-36(44)32(40-35(43)26-11-7-6-8-12-26)21-25-17-19-29(20-18-25)47-5-2/h6-24,34H,4-5H2,1-3H3,(H,39,44)(H,40,43)(H,41,42,45)/b32-21+. The Morgan fingerprint density at radius 3 is 2.39 bits per heavy atom. The molecule has 5 rings (SSSR count). The maximum atomic E-state index is 13.6. The first-order valence-electron chi connectivity index (χ1n) is 15.6. The fourth-order valence-electron chi connectivity index (χ4n) is 4.70. The third-order valence-corrected chi connectivity index (χ3v) is 9.28. The molecular formula is C38H36N4O5S2. The summed E-state index contributed by atoms with van der Waals surface area (Å²) < 4.78 is 10.8. The van der Waals surface area contributed by atoms with Crippen LogP contribution in [0.2, 0.25) is 0 Å². The summed E-state index contributed by atoms with van der Waals surface area (Å²) in [5, 5.41) is 10.6. The quantitative estimate of drug-likeness (QED) is 0.0794. The number of carbonyl (C=O) groups is 3. The number of nitrogens with one attached hydrogen (secondary N) is 3. The van der Waals surface area contributed by atoms with Gasteiger partial charge in [0.05, 0.1) is 24.7 Å². The Labute approximate surface area is 293 Å². The van der Waals surface area contributed by atoms with Gasteiger partial charge in [-0.1, -0.05) is 55.5 Å². The highest BCUT2D eigenvalue weighted by molar-refractivity contribution is 8.00. The number of aromatic nitrogens is 1. The first-order valence-corrected chi connectivity index (χ1v) is 17.4. The van der Waals surface area contributed by atoms with Crippen LogP contribution in [0.1, 0.15) is 36.2 Å². The fourth-order valence-corrected chi connectivity index (χ4v) is 6.44. The van der Waals surface area contributed by atoms with Crippen LogP contribution in [0.5, 0.6) is 11.5 Å². The molecule has 1 atom stereocenters. The van der Waals surface area contributed by atoms with E-state index >= 15 is 0 Å². The van der Waals surface area contributed by atoms with Gasteiger partial charge in [-0.05, 0) is 79.6 Å². The minimum Gasteiger partial charge on any atom is -0.497 e. The number of thioether (sulfide) groups is 1. The molecule has 11 heteroatoms. The van der Waals surface area contributed by atoms with Gasteiger partial charge in [0.15, 0.2) is 5.13 Å². The number of nitrogens with zero attached hydrogens (tertiary/aromatic N) is 1. The van der Waals surface area contributed by atoms with E-state index in [0.717, 1.165) is 21.9 Å². The normalized spacial score (nSPS) is 11.7. The molecule has 5 aromatic rings. The largest absolute Gasteiger partial charge is 0.497 e. The number of anilines is 2. The zero-order chi connectivity index (χ0) is 34.6. The second-order valence-corrected chi connectivity index (χ2v) is 12.8. The summed E-state index contributed by atoms with van der Waals surface area (Å²) in [5.74, 6) is 0.356. The highest BCUT2D eigenvalue weighted by Crippen LogP contribution is 2.31. The molecule has 1 unspecified atom stereocenters. The van der Waals surface area contributed by atoms with Crippen molar-refractivity contribution in [1.82, 2.24) is 10.3 Å². The van der Waals surface area contributed by atoms with Crippen molar-refractivity contribution >= 4 is 57.7 Å². The van der Waals surface area contributed by atoms with Crippen LogP contribution in [0.3, 0.4) is 0 Å². The van der Waals surface area contributed by atoms with Crippen LogP contribution in [0.25, 0.3) is 17.3 Å². The van der Waals surface area contributed by atoms with Crippen LogP contribution in [0.15, 0.2) is 119 Å². The van der Waals surface area contributed by atoms with E-state index in [1.807, 2.05) is 73.8 Å². The van der Waals surface area contributed by atoms with Crippen molar-refractivity contribution < 1.29 is 23.9 Å². The molecule has 4 aromatic carbocycles. The van der Waals surface area contributed by atoms with E-state index in [9.17, 15) is 14.4 Å². The molecule has 0 radical (unpaired) electrons. The van der Waals surface area contributed by atoms with Crippen molar-refractivity contribution in [2.45, 2.75) is 30.4 Å². The number of benzene rings is 4. The lowest BCUT2D eigenvalue weighted by atomic mass is 10.1. The van der Waals surface area contributed by atoms with E-state index in [0.29, 0.717) is 40.7 Å². The molecule has 0 saturated carbocycles. The SMILES string of the molecule is CCOc1ccc(/C=C(/NC(=O)c2ccccc2)C(=O)Nc2cccc(SC(CC)C(=O)Nc3nc(-c4cccc(OC)c4)cs3)c2)cc1. The van der Waals surface area contributed by atoms with Crippen LogP contribution < -0.4 is 25.4 Å². The lowest BCUT2D eigenvalue weighted by molar-refractivity contribution is -0.116. The number of hydrogen-bond donors (Lipinski definition) is 3. The number of carbonyl (C=O) groups excluding carboxylic acids is 3. The minimum atomic E-state index is -0.499. The van der Waals surface area contributed by atoms with Crippen molar-refractivity contribution in [1.29, 1.82) is 0 Å². The highest BCUT2D eigenvalue weighted by Gasteiger charge is 2.21. The molecular weight excluding hydrogens is 657 g/mol. The van der Waals surface area contributed by atoms with Gasteiger partial charge in [0.1, 0.15) is 17.2 Å².